The van der Waals surface area contributed by atoms with Gasteiger partial charge in [-0.2, -0.15) is 0 Å². The second kappa shape index (κ2) is 6.23. The van der Waals surface area contributed by atoms with Gasteiger partial charge in [-0.1, -0.05) is 18.2 Å². The highest BCUT2D eigenvalue weighted by atomic mass is 16.6. The molecule has 0 bridgehead atoms. The van der Waals surface area contributed by atoms with E-state index in [1.807, 2.05) is 24.4 Å². The van der Waals surface area contributed by atoms with Crippen LogP contribution in [-0.2, 0) is 13.0 Å². The molecule has 0 aliphatic heterocycles. The van der Waals surface area contributed by atoms with Crippen LogP contribution in [0, 0.1) is 6.92 Å². The number of hydrogen-bond donors (Lipinski definition) is 0. The smallest absolute Gasteiger partial charge is 0.139 e. The Balaban J connectivity index is 1.72. The molecular weight excluding hydrogens is 276 g/mol. The Labute approximate surface area is 129 Å². The third-order valence-electron chi connectivity index (χ3n) is 4.15. The van der Waals surface area contributed by atoms with Crippen LogP contribution in [0.3, 0.4) is 0 Å². The molecule has 0 saturated heterocycles. The highest BCUT2D eigenvalue weighted by Gasteiger charge is 2.15. The zero-order chi connectivity index (χ0) is 15.5. The fourth-order valence-corrected chi connectivity index (χ4v) is 2.58. The van der Waals surface area contributed by atoms with Crippen molar-refractivity contribution in [3.05, 3.63) is 53.3 Å². The lowest BCUT2D eigenvalue weighted by Crippen LogP contribution is -2.31. The molecule has 5 nitrogen and oxygen atoms in total. The fourth-order valence-electron chi connectivity index (χ4n) is 2.58. The molecule has 0 radical (unpaired) electrons. The van der Waals surface area contributed by atoms with Crippen LogP contribution in [0.2, 0.25) is 0 Å². The van der Waals surface area contributed by atoms with E-state index in [-0.39, 0.29) is 0 Å². The van der Waals surface area contributed by atoms with Gasteiger partial charge in [0.25, 0.3) is 0 Å². The Morgan fingerprint density at radius 3 is 2.86 bits per heavy atom. The first-order valence-electron chi connectivity index (χ1n) is 7.46. The monoisotopic (exact) mass is 296 g/mol. The lowest BCUT2D eigenvalue weighted by Gasteiger charge is -2.25. The molecule has 0 saturated carbocycles. The standard InChI is InChI=1S/C17H20N4O/c1-12-6-5-9-18-16(12)10-13(2)21(3)11-14-7-4-8-15-17(14)20-22-19-15/h4-9,13H,10-11H2,1-3H3/t13-/m0/s1. The van der Waals surface area contributed by atoms with Gasteiger partial charge in [0.15, 0.2) is 0 Å². The molecule has 0 unspecified atom stereocenters. The van der Waals surface area contributed by atoms with Crippen LogP contribution in [0.4, 0.5) is 0 Å². The van der Waals surface area contributed by atoms with Crippen LogP contribution in [0.25, 0.3) is 11.0 Å². The summed E-state index contributed by atoms with van der Waals surface area (Å²) in [5, 5.41) is 7.90. The summed E-state index contributed by atoms with van der Waals surface area (Å²) in [4.78, 5) is 6.79. The molecule has 1 atom stereocenters. The third-order valence-corrected chi connectivity index (χ3v) is 4.15. The second-order valence-electron chi connectivity index (χ2n) is 5.78. The van der Waals surface area contributed by atoms with E-state index in [2.05, 4.69) is 53.2 Å². The minimum Gasteiger partial charge on any atom is -0.299 e. The lowest BCUT2D eigenvalue weighted by atomic mass is 10.1. The normalized spacial score (nSPS) is 12.9. The average molecular weight is 296 g/mol. The molecule has 0 amide bonds. The SMILES string of the molecule is Cc1cccnc1C[C@H](C)N(C)Cc1cccc2nonc12. The molecule has 3 aromatic rings. The number of nitrogens with zero attached hydrogens (tertiary/aromatic N) is 4. The Bertz CT molecular complexity index is 768. The van der Waals surface area contributed by atoms with Crippen molar-refractivity contribution in [2.75, 3.05) is 7.05 Å². The first-order chi connectivity index (χ1) is 10.6. The van der Waals surface area contributed by atoms with Gasteiger partial charge in [-0.15, -0.1) is 0 Å². The number of rotatable bonds is 5. The van der Waals surface area contributed by atoms with Crippen LogP contribution < -0.4 is 0 Å². The maximum atomic E-state index is 4.83. The van der Waals surface area contributed by atoms with E-state index in [0.717, 1.165) is 35.3 Å². The Hall–Kier alpha value is -2.27. The van der Waals surface area contributed by atoms with Crippen molar-refractivity contribution in [1.29, 1.82) is 0 Å². The molecule has 22 heavy (non-hydrogen) atoms. The highest BCUT2D eigenvalue weighted by Crippen LogP contribution is 2.18. The Morgan fingerprint density at radius 2 is 2.05 bits per heavy atom. The summed E-state index contributed by atoms with van der Waals surface area (Å²) < 4.78 is 4.83. The van der Waals surface area contributed by atoms with Gasteiger partial charge < -0.3 is 0 Å². The van der Waals surface area contributed by atoms with E-state index in [4.69, 9.17) is 4.63 Å². The molecule has 0 spiro atoms. The van der Waals surface area contributed by atoms with E-state index in [0.29, 0.717) is 6.04 Å². The van der Waals surface area contributed by atoms with Crippen molar-refractivity contribution in [2.45, 2.75) is 32.9 Å². The van der Waals surface area contributed by atoms with Gasteiger partial charge in [-0.3, -0.25) is 9.88 Å². The number of aryl methyl sites for hydroxylation is 1. The Kier molecular flexibility index (Phi) is 4.15. The Morgan fingerprint density at radius 1 is 1.18 bits per heavy atom. The summed E-state index contributed by atoms with van der Waals surface area (Å²) in [6.07, 6.45) is 2.78. The summed E-state index contributed by atoms with van der Waals surface area (Å²) in [6.45, 7) is 5.13. The molecular formula is C17H20N4O. The molecule has 114 valence electrons. The van der Waals surface area contributed by atoms with E-state index < -0.39 is 0 Å². The minimum atomic E-state index is 0.378. The van der Waals surface area contributed by atoms with Crippen molar-refractivity contribution < 1.29 is 4.63 Å². The molecule has 0 N–H and O–H groups in total. The zero-order valence-electron chi connectivity index (χ0n) is 13.2. The van der Waals surface area contributed by atoms with Crippen LogP contribution in [0.15, 0.2) is 41.2 Å². The van der Waals surface area contributed by atoms with E-state index in [1.54, 1.807) is 0 Å². The van der Waals surface area contributed by atoms with Gasteiger partial charge in [0.1, 0.15) is 11.0 Å². The molecule has 1 aromatic carbocycles. The second-order valence-corrected chi connectivity index (χ2v) is 5.78. The molecule has 5 heteroatoms. The van der Waals surface area contributed by atoms with Gasteiger partial charge in [0, 0.05) is 30.9 Å². The van der Waals surface area contributed by atoms with Crippen LogP contribution in [0.1, 0.15) is 23.7 Å². The minimum absolute atomic E-state index is 0.378. The molecule has 2 heterocycles. The number of fused-ring (bicyclic) bond motifs is 1. The van der Waals surface area contributed by atoms with Crippen LogP contribution >= 0.6 is 0 Å². The number of aromatic nitrogens is 3. The molecule has 0 fully saturated rings. The third kappa shape index (κ3) is 2.99. The largest absolute Gasteiger partial charge is 0.299 e. The van der Waals surface area contributed by atoms with Crippen molar-refractivity contribution in [1.82, 2.24) is 20.2 Å². The van der Waals surface area contributed by atoms with E-state index >= 15 is 0 Å². The summed E-state index contributed by atoms with van der Waals surface area (Å²) >= 11 is 0. The predicted octanol–water partition coefficient (Wildman–Crippen LogP) is 2.99. The summed E-state index contributed by atoms with van der Waals surface area (Å²) in [7, 11) is 2.12. The van der Waals surface area contributed by atoms with Gasteiger partial charge in [0.2, 0.25) is 0 Å². The zero-order valence-corrected chi connectivity index (χ0v) is 13.2. The van der Waals surface area contributed by atoms with E-state index in [1.165, 1.54) is 5.56 Å². The maximum Gasteiger partial charge on any atom is 0.139 e. The van der Waals surface area contributed by atoms with Gasteiger partial charge in [-0.05, 0) is 54.5 Å². The highest BCUT2D eigenvalue weighted by molar-refractivity contribution is 5.76. The number of hydrogen-bond acceptors (Lipinski definition) is 5. The molecule has 0 aliphatic carbocycles. The summed E-state index contributed by atoms with van der Waals surface area (Å²) in [6, 6.07) is 10.4. The molecule has 2 aromatic heterocycles. The quantitative estimate of drug-likeness (QED) is 0.724. The number of likely N-dealkylation sites (N-methyl/N-ethyl adjacent to an activating group) is 1. The van der Waals surface area contributed by atoms with Crippen LogP contribution in [0.5, 0.6) is 0 Å². The lowest BCUT2D eigenvalue weighted by molar-refractivity contribution is 0.247. The molecule has 0 aliphatic rings. The van der Waals surface area contributed by atoms with Crippen molar-refractivity contribution >= 4 is 11.0 Å². The first-order valence-corrected chi connectivity index (χ1v) is 7.46. The maximum absolute atomic E-state index is 4.83. The van der Waals surface area contributed by atoms with Crippen LogP contribution in [-0.4, -0.2) is 33.3 Å². The summed E-state index contributed by atoms with van der Waals surface area (Å²) in [5.41, 5.74) is 5.18. The van der Waals surface area contributed by atoms with Gasteiger partial charge >= 0.3 is 0 Å². The number of benzene rings is 1. The average Bonchev–Trinajstić information content (AvgIpc) is 2.99. The van der Waals surface area contributed by atoms with Gasteiger partial charge in [-0.25, -0.2) is 4.63 Å². The van der Waals surface area contributed by atoms with Crippen molar-refractivity contribution in [2.24, 2.45) is 0 Å². The summed E-state index contributed by atoms with van der Waals surface area (Å²) in [5.74, 6) is 0. The number of pyridine rings is 1. The van der Waals surface area contributed by atoms with Crippen molar-refractivity contribution in [3.63, 3.8) is 0 Å². The first kappa shape index (κ1) is 14.7. The topological polar surface area (TPSA) is 55.1 Å². The molecule has 3 rings (SSSR count). The van der Waals surface area contributed by atoms with Crippen molar-refractivity contribution in [3.8, 4) is 0 Å². The van der Waals surface area contributed by atoms with Gasteiger partial charge in [0.05, 0.1) is 0 Å². The predicted molar refractivity (Wildman–Crippen MR) is 85.4 cm³/mol. The van der Waals surface area contributed by atoms with E-state index in [9.17, 15) is 0 Å². The fraction of sp³-hybridized carbons (Fsp3) is 0.353.